The minimum Gasteiger partial charge on any atom is -0.493 e. The molecule has 3 aromatic rings. The van der Waals surface area contributed by atoms with E-state index in [-0.39, 0.29) is 17.3 Å². The SMILES string of the molecule is Cn1cc(I)c(C(=O)N=Nc2c(O)[nH]c3cccc(Br)c23)n1. The van der Waals surface area contributed by atoms with Crippen molar-refractivity contribution in [3.8, 4) is 5.88 Å². The summed E-state index contributed by atoms with van der Waals surface area (Å²) in [5.74, 6) is -0.708. The number of amides is 1. The lowest BCUT2D eigenvalue weighted by atomic mass is 10.2. The molecule has 2 heterocycles. The fourth-order valence-electron chi connectivity index (χ4n) is 2.02. The van der Waals surface area contributed by atoms with Gasteiger partial charge >= 0.3 is 5.91 Å². The van der Waals surface area contributed by atoms with Crippen LogP contribution in [0.1, 0.15) is 10.5 Å². The number of rotatable bonds is 2. The number of hydrogen-bond donors (Lipinski definition) is 2. The molecule has 0 bridgehead atoms. The third kappa shape index (κ3) is 2.65. The van der Waals surface area contributed by atoms with Crippen LogP contribution in [-0.2, 0) is 7.05 Å². The van der Waals surface area contributed by atoms with Gasteiger partial charge in [0.15, 0.2) is 11.4 Å². The normalized spacial score (nSPS) is 11.6. The van der Waals surface area contributed by atoms with Gasteiger partial charge in [-0.25, -0.2) is 0 Å². The molecule has 0 atom stereocenters. The Hall–Kier alpha value is -1.75. The van der Waals surface area contributed by atoms with Gasteiger partial charge in [0, 0.05) is 23.1 Å². The van der Waals surface area contributed by atoms with Crippen LogP contribution in [0.25, 0.3) is 10.9 Å². The Morgan fingerprint density at radius 1 is 1.50 bits per heavy atom. The van der Waals surface area contributed by atoms with Crippen LogP contribution in [0.15, 0.2) is 39.1 Å². The van der Waals surface area contributed by atoms with E-state index in [1.807, 2.05) is 34.7 Å². The van der Waals surface area contributed by atoms with Crippen molar-refractivity contribution in [2.24, 2.45) is 17.3 Å². The van der Waals surface area contributed by atoms with Crippen LogP contribution < -0.4 is 0 Å². The Morgan fingerprint density at radius 2 is 2.27 bits per heavy atom. The van der Waals surface area contributed by atoms with E-state index in [0.29, 0.717) is 14.5 Å². The lowest BCUT2D eigenvalue weighted by Gasteiger charge is -1.94. The largest absolute Gasteiger partial charge is 0.493 e. The first-order chi connectivity index (χ1) is 10.5. The molecular formula is C13H9BrIN5O2. The van der Waals surface area contributed by atoms with Crippen molar-refractivity contribution in [3.05, 3.63) is 38.1 Å². The van der Waals surface area contributed by atoms with Crippen LogP contribution in [0, 0.1) is 3.57 Å². The van der Waals surface area contributed by atoms with Gasteiger partial charge in [-0.3, -0.25) is 9.48 Å². The molecule has 0 aliphatic carbocycles. The molecule has 1 amide bonds. The molecule has 0 radical (unpaired) electrons. The number of nitrogens with zero attached hydrogens (tertiary/aromatic N) is 4. The first-order valence-corrected chi connectivity index (χ1v) is 7.99. The maximum Gasteiger partial charge on any atom is 0.316 e. The van der Waals surface area contributed by atoms with Gasteiger partial charge < -0.3 is 10.1 Å². The molecule has 22 heavy (non-hydrogen) atoms. The smallest absolute Gasteiger partial charge is 0.316 e. The molecular weight excluding hydrogens is 465 g/mol. The number of aromatic nitrogens is 3. The molecule has 112 valence electrons. The monoisotopic (exact) mass is 473 g/mol. The summed E-state index contributed by atoms with van der Waals surface area (Å²) in [7, 11) is 1.72. The quantitative estimate of drug-likeness (QED) is 0.436. The molecule has 0 saturated carbocycles. The Labute approximate surface area is 146 Å². The van der Waals surface area contributed by atoms with Gasteiger partial charge in [0.1, 0.15) is 0 Å². The Kier molecular flexibility index (Phi) is 4.00. The van der Waals surface area contributed by atoms with E-state index >= 15 is 0 Å². The molecule has 0 saturated heterocycles. The Balaban J connectivity index is 2.01. The van der Waals surface area contributed by atoms with Crippen molar-refractivity contribution in [2.75, 3.05) is 0 Å². The molecule has 3 rings (SSSR count). The second kappa shape index (κ2) is 5.80. The van der Waals surface area contributed by atoms with E-state index in [4.69, 9.17) is 0 Å². The summed E-state index contributed by atoms with van der Waals surface area (Å²) in [6, 6.07) is 5.44. The zero-order chi connectivity index (χ0) is 15.9. The van der Waals surface area contributed by atoms with Crippen LogP contribution in [-0.4, -0.2) is 25.8 Å². The summed E-state index contributed by atoms with van der Waals surface area (Å²) in [5, 5.41) is 22.2. The number of benzene rings is 1. The van der Waals surface area contributed by atoms with Crippen LogP contribution in [0.2, 0.25) is 0 Å². The molecule has 2 N–H and O–H groups in total. The average molecular weight is 474 g/mol. The minimum absolute atomic E-state index is 0.144. The predicted octanol–water partition coefficient (Wildman–Crippen LogP) is 3.90. The molecule has 2 aromatic heterocycles. The number of carbonyl (C=O) groups is 1. The molecule has 0 fully saturated rings. The van der Waals surface area contributed by atoms with Crippen LogP contribution in [0.3, 0.4) is 0 Å². The lowest BCUT2D eigenvalue weighted by Crippen LogP contribution is -1.98. The Bertz CT molecular complexity index is 915. The lowest BCUT2D eigenvalue weighted by molar-refractivity contribution is 0.0989. The van der Waals surface area contributed by atoms with Gasteiger partial charge in [-0.2, -0.15) is 5.10 Å². The highest BCUT2D eigenvalue weighted by Crippen LogP contribution is 2.39. The second-order valence-electron chi connectivity index (χ2n) is 4.49. The van der Waals surface area contributed by atoms with Gasteiger partial charge in [0.2, 0.25) is 5.88 Å². The topological polar surface area (TPSA) is 95.6 Å². The predicted molar refractivity (Wildman–Crippen MR) is 92.4 cm³/mol. The van der Waals surface area contributed by atoms with Crippen molar-refractivity contribution >= 4 is 61.0 Å². The highest BCUT2D eigenvalue weighted by molar-refractivity contribution is 14.1. The van der Waals surface area contributed by atoms with Crippen LogP contribution >= 0.6 is 38.5 Å². The maximum atomic E-state index is 12.1. The second-order valence-corrected chi connectivity index (χ2v) is 6.51. The minimum atomic E-state index is -0.564. The van der Waals surface area contributed by atoms with Crippen molar-refractivity contribution in [1.82, 2.24) is 14.8 Å². The maximum absolute atomic E-state index is 12.1. The number of nitrogens with one attached hydrogen (secondary N) is 1. The number of fused-ring (bicyclic) bond motifs is 1. The van der Waals surface area contributed by atoms with E-state index in [9.17, 15) is 9.90 Å². The standard InChI is InChI=1S/C13H9BrIN5O2/c1-20-5-7(15)10(19-20)13(22)18-17-11-9-6(14)3-2-4-8(9)16-12(11)21/h2-5,16,21H,1H3. The van der Waals surface area contributed by atoms with Gasteiger partial charge in [0.05, 0.1) is 9.09 Å². The number of hydrogen-bond acceptors (Lipinski definition) is 4. The summed E-state index contributed by atoms with van der Waals surface area (Å²) in [6.45, 7) is 0. The number of azo groups is 1. The molecule has 9 heteroatoms. The highest BCUT2D eigenvalue weighted by Gasteiger charge is 2.16. The van der Waals surface area contributed by atoms with E-state index in [1.54, 1.807) is 19.3 Å². The first-order valence-electron chi connectivity index (χ1n) is 6.11. The molecule has 0 unspecified atom stereocenters. The first kappa shape index (κ1) is 15.2. The number of carbonyl (C=O) groups excluding carboxylic acids is 1. The van der Waals surface area contributed by atoms with Gasteiger partial charge in [0.25, 0.3) is 0 Å². The van der Waals surface area contributed by atoms with E-state index < -0.39 is 5.91 Å². The third-order valence-corrected chi connectivity index (χ3v) is 4.41. The third-order valence-electron chi connectivity index (χ3n) is 2.96. The van der Waals surface area contributed by atoms with Crippen LogP contribution in [0.5, 0.6) is 5.88 Å². The van der Waals surface area contributed by atoms with Crippen molar-refractivity contribution in [1.29, 1.82) is 0 Å². The number of aromatic amines is 1. The number of aryl methyl sites for hydroxylation is 1. The van der Waals surface area contributed by atoms with E-state index in [0.717, 1.165) is 4.47 Å². The molecule has 7 nitrogen and oxygen atoms in total. The van der Waals surface area contributed by atoms with E-state index in [1.165, 1.54) is 4.68 Å². The number of H-pyrrole nitrogens is 1. The molecule has 0 aliphatic heterocycles. The Morgan fingerprint density at radius 3 is 2.95 bits per heavy atom. The van der Waals surface area contributed by atoms with E-state index in [2.05, 4.69) is 36.2 Å². The molecule has 1 aromatic carbocycles. The van der Waals surface area contributed by atoms with Gasteiger partial charge in [-0.15, -0.1) is 10.2 Å². The zero-order valence-corrected chi connectivity index (χ0v) is 15.0. The molecule has 0 aliphatic rings. The van der Waals surface area contributed by atoms with Crippen molar-refractivity contribution in [3.63, 3.8) is 0 Å². The van der Waals surface area contributed by atoms with Crippen molar-refractivity contribution in [2.45, 2.75) is 0 Å². The van der Waals surface area contributed by atoms with Crippen LogP contribution in [0.4, 0.5) is 5.69 Å². The van der Waals surface area contributed by atoms with Gasteiger partial charge in [-0.1, -0.05) is 22.0 Å². The average Bonchev–Trinajstić information content (AvgIpc) is 2.96. The molecule has 0 spiro atoms. The summed E-state index contributed by atoms with van der Waals surface area (Å²) in [4.78, 5) is 14.8. The summed E-state index contributed by atoms with van der Waals surface area (Å²) in [5.41, 5.74) is 1.13. The summed E-state index contributed by atoms with van der Waals surface area (Å²) >= 11 is 5.40. The zero-order valence-electron chi connectivity index (χ0n) is 11.2. The number of aromatic hydroxyl groups is 1. The fraction of sp³-hybridized carbons (Fsp3) is 0.0769. The van der Waals surface area contributed by atoms with Crippen molar-refractivity contribution < 1.29 is 9.90 Å². The number of halogens is 2. The fourth-order valence-corrected chi connectivity index (χ4v) is 3.31. The summed E-state index contributed by atoms with van der Waals surface area (Å²) < 4.78 is 2.97. The summed E-state index contributed by atoms with van der Waals surface area (Å²) in [6.07, 6.45) is 1.71. The highest BCUT2D eigenvalue weighted by atomic mass is 127. The van der Waals surface area contributed by atoms with Gasteiger partial charge in [-0.05, 0) is 34.7 Å².